The Morgan fingerprint density at radius 3 is 2.39 bits per heavy atom. The van der Waals surface area contributed by atoms with Crippen LogP contribution in [0.3, 0.4) is 0 Å². The van der Waals surface area contributed by atoms with Crippen LogP contribution in [0.1, 0.15) is 102 Å². The first-order valence-corrected chi connectivity index (χ1v) is 15.3. The summed E-state index contributed by atoms with van der Waals surface area (Å²) in [4.78, 5) is 49.4. The molecule has 1 unspecified atom stereocenters. The van der Waals surface area contributed by atoms with Crippen molar-refractivity contribution in [2.45, 2.75) is 115 Å². The second kappa shape index (κ2) is 13.1. The van der Waals surface area contributed by atoms with E-state index in [1.807, 2.05) is 28.8 Å². The van der Waals surface area contributed by atoms with E-state index in [4.69, 9.17) is 10.6 Å². The molecule has 10 nitrogen and oxygen atoms in total. The van der Waals surface area contributed by atoms with Crippen molar-refractivity contribution in [1.29, 1.82) is 0 Å². The van der Waals surface area contributed by atoms with Crippen molar-refractivity contribution >= 4 is 28.6 Å². The van der Waals surface area contributed by atoms with Gasteiger partial charge in [0.2, 0.25) is 0 Å². The number of amides is 1. The molecule has 1 aromatic heterocycles. The number of carbonyl (C=O) groups is 2. The monoisotopic (exact) mass is 565 g/mol. The highest BCUT2D eigenvalue weighted by atomic mass is 16.6. The first-order chi connectivity index (χ1) is 19.9. The number of hydrogen-bond acceptors (Lipinski definition) is 7. The molecule has 0 radical (unpaired) electrons. The number of piperidine rings is 2. The number of carbonyl (C=O) groups excluding carboxylic acids is 1. The fourth-order valence-electron chi connectivity index (χ4n) is 7.71. The highest BCUT2D eigenvalue weighted by Gasteiger charge is 2.43. The number of aromatic nitrogens is 2. The molecule has 3 heterocycles. The topological polar surface area (TPSA) is 140 Å². The van der Waals surface area contributed by atoms with Gasteiger partial charge in [0.05, 0.1) is 17.5 Å². The molecule has 222 valence electrons. The van der Waals surface area contributed by atoms with Crippen LogP contribution in [-0.4, -0.2) is 61.9 Å². The van der Waals surface area contributed by atoms with Gasteiger partial charge < -0.3 is 20.2 Å². The van der Waals surface area contributed by atoms with Crippen LogP contribution in [0.5, 0.6) is 0 Å². The van der Waals surface area contributed by atoms with Crippen molar-refractivity contribution in [3.8, 4) is 0 Å². The van der Waals surface area contributed by atoms with Crippen molar-refractivity contribution < 1.29 is 19.5 Å². The summed E-state index contributed by atoms with van der Waals surface area (Å²) in [5, 5.41) is 13.3. The fourth-order valence-corrected chi connectivity index (χ4v) is 7.71. The van der Waals surface area contributed by atoms with Gasteiger partial charge in [-0.3, -0.25) is 19.3 Å². The van der Waals surface area contributed by atoms with E-state index < -0.39 is 18.5 Å². The lowest BCUT2D eigenvalue weighted by molar-refractivity contribution is -0.136. The minimum Gasteiger partial charge on any atom is -0.481 e. The van der Waals surface area contributed by atoms with E-state index >= 15 is 0 Å². The number of fused-ring (bicyclic) bond motifs is 3. The van der Waals surface area contributed by atoms with Crippen LogP contribution in [0.4, 0.5) is 0 Å². The van der Waals surface area contributed by atoms with Crippen LogP contribution in [0, 0.1) is 5.92 Å². The summed E-state index contributed by atoms with van der Waals surface area (Å²) in [5.41, 5.74) is 6.48. The third-order valence-electron chi connectivity index (χ3n) is 9.27. The fraction of sp³-hybridized carbons (Fsp3) is 0.645. The Morgan fingerprint density at radius 2 is 1.71 bits per heavy atom. The SMILES string of the molecule is CCC[C@H]1CCC[C@H](N2[C@@H]3CCC[C@H]2CC(n2c(=O)c(/C(CCC(=O)O)=N/OCC(N)=O)nc4ccccc42)C3)C1. The van der Waals surface area contributed by atoms with Gasteiger partial charge in [-0.1, -0.05) is 56.3 Å². The number of carboxylic acid groups (broad SMARTS) is 1. The third-order valence-corrected chi connectivity index (χ3v) is 9.27. The van der Waals surface area contributed by atoms with E-state index in [-0.39, 0.29) is 35.8 Å². The van der Waals surface area contributed by atoms with Crippen LogP contribution < -0.4 is 11.3 Å². The average Bonchev–Trinajstić information content (AvgIpc) is 2.94. The summed E-state index contributed by atoms with van der Waals surface area (Å²) in [5.74, 6) is -0.919. The Morgan fingerprint density at radius 1 is 1.02 bits per heavy atom. The van der Waals surface area contributed by atoms with Gasteiger partial charge in [-0.25, -0.2) is 4.98 Å². The van der Waals surface area contributed by atoms with Crippen LogP contribution >= 0.6 is 0 Å². The molecule has 3 fully saturated rings. The Bertz CT molecular complexity index is 1320. The number of benzene rings is 1. The maximum absolute atomic E-state index is 14.2. The molecule has 1 saturated carbocycles. The van der Waals surface area contributed by atoms with Crippen LogP contribution in [0.2, 0.25) is 0 Å². The van der Waals surface area contributed by atoms with E-state index in [0.717, 1.165) is 37.1 Å². The lowest BCUT2D eigenvalue weighted by Crippen LogP contribution is -2.58. The number of para-hydroxylation sites is 2. The van der Waals surface area contributed by atoms with E-state index in [0.29, 0.717) is 23.6 Å². The summed E-state index contributed by atoms with van der Waals surface area (Å²) in [6, 6.07) is 9.11. The number of primary amides is 1. The van der Waals surface area contributed by atoms with E-state index in [9.17, 15) is 19.5 Å². The lowest BCUT2D eigenvalue weighted by atomic mass is 9.76. The molecule has 10 heteroatoms. The minimum atomic E-state index is -1.03. The standard InChI is InChI=1S/C31H43N5O5/c1-2-7-20-8-5-9-21(16-20)35-22-10-6-11-23(35)18-24(17-22)36-27-13-4-3-12-25(27)33-30(31(36)40)26(14-15-29(38)39)34-41-19-28(32)37/h3-4,12-13,20-24H,2,5-11,14-19H2,1H3,(H2,32,37)(H,38,39)/b34-26+/t20-,21-,22-,23+,24?/m0/s1. The first kappa shape index (κ1) is 29.2. The van der Waals surface area contributed by atoms with Gasteiger partial charge in [0, 0.05) is 30.6 Å². The third kappa shape index (κ3) is 6.63. The summed E-state index contributed by atoms with van der Waals surface area (Å²) >= 11 is 0. The molecule has 2 bridgehead atoms. The average molecular weight is 566 g/mol. The molecule has 0 spiro atoms. The highest BCUT2D eigenvalue weighted by Crippen LogP contribution is 2.44. The maximum Gasteiger partial charge on any atom is 0.303 e. The summed E-state index contributed by atoms with van der Waals surface area (Å²) in [6.07, 6.45) is 12.8. The van der Waals surface area contributed by atoms with E-state index in [2.05, 4.69) is 22.0 Å². The van der Waals surface area contributed by atoms with Gasteiger partial charge >= 0.3 is 5.97 Å². The molecular weight excluding hydrogens is 522 g/mol. The Balaban J connectivity index is 1.49. The summed E-state index contributed by atoms with van der Waals surface area (Å²) in [7, 11) is 0. The van der Waals surface area contributed by atoms with Gasteiger partial charge in [0.1, 0.15) is 5.71 Å². The van der Waals surface area contributed by atoms with Crippen molar-refractivity contribution in [1.82, 2.24) is 14.5 Å². The van der Waals surface area contributed by atoms with Crippen LogP contribution in [0.15, 0.2) is 34.2 Å². The zero-order valence-electron chi connectivity index (χ0n) is 24.0. The van der Waals surface area contributed by atoms with Crippen molar-refractivity contribution in [2.75, 3.05) is 6.61 Å². The number of nitrogens with zero attached hydrogens (tertiary/aromatic N) is 4. The van der Waals surface area contributed by atoms with Crippen molar-refractivity contribution in [3.63, 3.8) is 0 Å². The Hall–Kier alpha value is -3.27. The highest BCUT2D eigenvalue weighted by molar-refractivity contribution is 6.00. The van der Waals surface area contributed by atoms with Crippen LogP contribution in [0.25, 0.3) is 11.0 Å². The molecule has 2 aliphatic heterocycles. The Kier molecular flexibility index (Phi) is 9.37. The molecule has 2 aromatic rings. The first-order valence-electron chi connectivity index (χ1n) is 15.3. The quantitative estimate of drug-likeness (QED) is 0.304. The lowest BCUT2D eigenvalue weighted by Gasteiger charge is -2.54. The molecule has 5 rings (SSSR count). The zero-order chi connectivity index (χ0) is 28.9. The molecular formula is C31H43N5O5. The van der Waals surface area contributed by atoms with E-state index in [1.165, 1.54) is 44.9 Å². The zero-order valence-corrected chi connectivity index (χ0v) is 24.0. The minimum absolute atomic E-state index is 0.00277. The predicted molar refractivity (Wildman–Crippen MR) is 157 cm³/mol. The molecule has 3 N–H and O–H groups in total. The number of oxime groups is 1. The van der Waals surface area contributed by atoms with Gasteiger partial charge in [0.25, 0.3) is 11.5 Å². The predicted octanol–water partition coefficient (Wildman–Crippen LogP) is 4.38. The number of hydrogen-bond donors (Lipinski definition) is 2. The molecule has 1 aliphatic carbocycles. The number of aliphatic carboxylic acids is 1. The number of carboxylic acids is 1. The van der Waals surface area contributed by atoms with E-state index in [1.54, 1.807) is 0 Å². The molecule has 1 amide bonds. The molecule has 41 heavy (non-hydrogen) atoms. The van der Waals surface area contributed by atoms with Gasteiger partial charge in [-0.05, 0) is 56.6 Å². The molecule has 3 aliphatic rings. The molecule has 2 saturated heterocycles. The van der Waals surface area contributed by atoms with Crippen molar-refractivity contribution in [2.24, 2.45) is 16.8 Å². The smallest absolute Gasteiger partial charge is 0.303 e. The molecule has 5 atom stereocenters. The largest absolute Gasteiger partial charge is 0.481 e. The van der Waals surface area contributed by atoms with Gasteiger partial charge in [0.15, 0.2) is 12.3 Å². The maximum atomic E-state index is 14.2. The normalized spacial score (nSPS) is 27.0. The number of rotatable bonds is 11. The van der Waals surface area contributed by atoms with Gasteiger partial charge in [-0.2, -0.15) is 0 Å². The Labute approximate surface area is 240 Å². The van der Waals surface area contributed by atoms with Crippen molar-refractivity contribution in [3.05, 3.63) is 40.3 Å². The van der Waals surface area contributed by atoms with Gasteiger partial charge in [-0.15, -0.1) is 0 Å². The summed E-state index contributed by atoms with van der Waals surface area (Å²) in [6.45, 7) is 1.82. The molecule has 1 aromatic carbocycles. The second-order valence-corrected chi connectivity index (χ2v) is 12.1. The summed E-state index contributed by atoms with van der Waals surface area (Å²) < 4.78 is 1.88. The number of nitrogens with two attached hydrogens (primary N) is 1. The van der Waals surface area contributed by atoms with Crippen LogP contribution in [-0.2, 0) is 14.4 Å². The second-order valence-electron chi connectivity index (χ2n) is 12.1.